The number of hydrogen-bond acceptors (Lipinski definition) is 3. The van der Waals surface area contributed by atoms with Crippen molar-refractivity contribution in [2.45, 2.75) is 18.9 Å². The van der Waals surface area contributed by atoms with E-state index in [1.807, 2.05) is 5.06 Å². The SMILES string of the molecule is OC1CCN(OCCCl)CC1. The van der Waals surface area contributed by atoms with Crippen LogP contribution in [0.5, 0.6) is 0 Å². The lowest BCUT2D eigenvalue weighted by Gasteiger charge is -2.28. The number of hydrogen-bond donors (Lipinski definition) is 1. The van der Waals surface area contributed by atoms with Gasteiger partial charge in [-0.1, -0.05) is 0 Å². The molecule has 0 bridgehead atoms. The molecule has 0 radical (unpaired) electrons. The van der Waals surface area contributed by atoms with Gasteiger partial charge in [-0.25, -0.2) is 0 Å². The molecule has 1 saturated heterocycles. The van der Waals surface area contributed by atoms with Gasteiger partial charge < -0.3 is 5.11 Å². The highest BCUT2D eigenvalue weighted by Gasteiger charge is 2.16. The van der Waals surface area contributed by atoms with Crippen molar-refractivity contribution in [1.82, 2.24) is 5.06 Å². The summed E-state index contributed by atoms with van der Waals surface area (Å²) in [5.41, 5.74) is 0. The van der Waals surface area contributed by atoms with Gasteiger partial charge in [0.15, 0.2) is 0 Å². The molecule has 0 amide bonds. The van der Waals surface area contributed by atoms with E-state index in [0.717, 1.165) is 25.9 Å². The fourth-order valence-corrected chi connectivity index (χ4v) is 1.20. The van der Waals surface area contributed by atoms with E-state index < -0.39 is 0 Å². The maximum Gasteiger partial charge on any atom is 0.0820 e. The Kier molecular flexibility index (Phi) is 4.15. The second-order valence-corrected chi connectivity index (χ2v) is 3.06. The number of rotatable bonds is 3. The summed E-state index contributed by atoms with van der Waals surface area (Å²) < 4.78 is 0. The topological polar surface area (TPSA) is 32.7 Å². The Hall–Kier alpha value is 0.170. The maximum absolute atomic E-state index is 9.14. The zero-order valence-electron chi connectivity index (χ0n) is 6.50. The minimum absolute atomic E-state index is 0.133. The smallest absolute Gasteiger partial charge is 0.0820 e. The van der Waals surface area contributed by atoms with E-state index >= 15 is 0 Å². The third-order valence-corrected chi connectivity index (χ3v) is 1.93. The number of aliphatic hydroxyl groups is 1. The lowest BCUT2D eigenvalue weighted by atomic mass is 10.1. The van der Waals surface area contributed by atoms with Crippen LogP contribution >= 0.6 is 11.6 Å². The molecule has 1 aliphatic rings. The number of hydroxylamine groups is 2. The van der Waals surface area contributed by atoms with Crippen LogP contribution in [0.1, 0.15) is 12.8 Å². The van der Waals surface area contributed by atoms with Gasteiger partial charge in [-0.05, 0) is 12.8 Å². The van der Waals surface area contributed by atoms with Crippen LogP contribution in [0.4, 0.5) is 0 Å². The molecule has 1 aliphatic heterocycles. The van der Waals surface area contributed by atoms with Crippen molar-refractivity contribution in [3.8, 4) is 0 Å². The molecule has 3 nitrogen and oxygen atoms in total. The molecule has 1 heterocycles. The average Bonchev–Trinajstić information content (AvgIpc) is 2.04. The third kappa shape index (κ3) is 3.38. The fourth-order valence-electron chi connectivity index (χ4n) is 1.13. The Labute approximate surface area is 71.8 Å². The van der Waals surface area contributed by atoms with E-state index in [1.165, 1.54) is 0 Å². The van der Waals surface area contributed by atoms with Gasteiger partial charge in [0.1, 0.15) is 0 Å². The first-order valence-electron chi connectivity index (χ1n) is 3.95. The summed E-state index contributed by atoms with van der Waals surface area (Å²) in [6.07, 6.45) is 1.48. The number of nitrogens with zero attached hydrogens (tertiary/aromatic N) is 1. The highest BCUT2D eigenvalue weighted by atomic mass is 35.5. The first kappa shape index (κ1) is 9.26. The van der Waals surface area contributed by atoms with E-state index in [1.54, 1.807) is 0 Å². The van der Waals surface area contributed by atoms with Crippen LogP contribution in [-0.4, -0.2) is 41.9 Å². The van der Waals surface area contributed by atoms with E-state index in [4.69, 9.17) is 21.5 Å². The van der Waals surface area contributed by atoms with Crippen LogP contribution in [0, 0.1) is 0 Å². The fraction of sp³-hybridized carbons (Fsp3) is 1.00. The zero-order valence-corrected chi connectivity index (χ0v) is 7.26. The van der Waals surface area contributed by atoms with Crippen molar-refractivity contribution in [3.63, 3.8) is 0 Å². The van der Waals surface area contributed by atoms with Gasteiger partial charge in [-0.2, -0.15) is 5.06 Å². The third-order valence-electron chi connectivity index (χ3n) is 1.77. The Morgan fingerprint density at radius 1 is 1.45 bits per heavy atom. The van der Waals surface area contributed by atoms with E-state index in [2.05, 4.69) is 0 Å². The summed E-state index contributed by atoms with van der Waals surface area (Å²) in [4.78, 5) is 5.27. The van der Waals surface area contributed by atoms with Crippen LogP contribution in [0.15, 0.2) is 0 Å². The highest BCUT2D eigenvalue weighted by molar-refractivity contribution is 6.17. The lowest BCUT2D eigenvalue weighted by Crippen LogP contribution is -2.36. The molecule has 0 aromatic carbocycles. The van der Waals surface area contributed by atoms with Gasteiger partial charge in [0, 0.05) is 19.0 Å². The maximum atomic E-state index is 9.14. The normalized spacial score (nSPS) is 22.4. The van der Waals surface area contributed by atoms with Crippen molar-refractivity contribution in [2.24, 2.45) is 0 Å². The van der Waals surface area contributed by atoms with Crippen molar-refractivity contribution >= 4 is 11.6 Å². The van der Waals surface area contributed by atoms with Gasteiger partial charge in [-0.15, -0.1) is 11.6 Å². The van der Waals surface area contributed by atoms with Crippen LogP contribution in [0.2, 0.25) is 0 Å². The van der Waals surface area contributed by atoms with E-state index in [0.29, 0.717) is 12.5 Å². The average molecular weight is 180 g/mol. The Bertz CT molecular complexity index is 102. The summed E-state index contributed by atoms with van der Waals surface area (Å²) in [5, 5.41) is 11.0. The van der Waals surface area contributed by atoms with Gasteiger partial charge in [-0.3, -0.25) is 4.84 Å². The first-order chi connectivity index (χ1) is 5.33. The van der Waals surface area contributed by atoms with E-state index in [-0.39, 0.29) is 6.10 Å². The van der Waals surface area contributed by atoms with Gasteiger partial charge in [0.25, 0.3) is 0 Å². The molecule has 1 rings (SSSR count). The molecular weight excluding hydrogens is 166 g/mol. The largest absolute Gasteiger partial charge is 0.393 e. The predicted octanol–water partition coefficient (Wildman–Crippen LogP) is 0.614. The molecule has 11 heavy (non-hydrogen) atoms. The minimum atomic E-state index is -0.133. The molecule has 1 fully saturated rings. The summed E-state index contributed by atoms with van der Waals surface area (Å²) >= 11 is 5.45. The van der Waals surface area contributed by atoms with Gasteiger partial charge in [0.05, 0.1) is 12.7 Å². The quantitative estimate of drug-likeness (QED) is 0.645. The number of piperidine rings is 1. The standard InChI is InChI=1S/C7H14ClNO2/c8-3-6-11-9-4-1-7(10)2-5-9/h7,10H,1-6H2. The number of alkyl halides is 1. The van der Waals surface area contributed by atoms with Gasteiger partial charge >= 0.3 is 0 Å². The molecule has 0 saturated carbocycles. The Morgan fingerprint density at radius 3 is 2.64 bits per heavy atom. The summed E-state index contributed by atoms with van der Waals surface area (Å²) in [6, 6.07) is 0. The molecule has 66 valence electrons. The summed E-state index contributed by atoms with van der Waals surface area (Å²) in [7, 11) is 0. The Balaban J connectivity index is 2.07. The summed E-state index contributed by atoms with van der Waals surface area (Å²) in [5.74, 6) is 0.527. The second-order valence-electron chi connectivity index (χ2n) is 2.68. The molecule has 0 aromatic heterocycles. The molecule has 4 heteroatoms. The van der Waals surface area contributed by atoms with Crippen molar-refractivity contribution in [1.29, 1.82) is 0 Å². The molecule has 0 unspecified atom stereocenters. The van der Waals surface area contributed by atoms with Crippen LogP contribution in [0.3, 0.4) is 0 Å². The summed E-state index contributed by atoms with van der Waals surface area (Å²) in [6.45, 7) is 2.20. The van der Waals surface area contributed by atoms with Crippen LogP contribution in [0.25, 0.3) is 0 Å². The molecule has 0 aromatic rings. The number of halogens is 1. The second kappa shape index (κ2) is 4.93. The Morgan fingerprint density at radius 2 is 2.09 bits per heavy atom. The molecule has 0 spiro atoms. The molecule has 0 aliphatic carbocycles. The molecule has 1 N–H and O–H groups in total. The first-order valence-corrected chi connectivity index (χ1v) is 4.48. The number of aliphatic hydroxyl groups excluding tert-OH is 1. The van der Waals surface area contributed by atoms with Gasteiger partial charge in [0.2, 0.25) is 0 Å². The van der Waals surface area contributed by atoms with Crippen molar-refractivity contribution in [3.05, 3.63) is 0 Å². The highest BCUT2D eigenvalue weighted by Crippen LogP contribution is 2.09. The van der Waals surface area contributed by atoms with Crippen molar-refractivity contribution < 1.29 is 9.94 Å². The molecular formula is C7H14ClNO2. The zero-order chi connectivity index (χ0) is 8.10. The van der Waals surface area contributed by atoms with Crippen LogP contribution in [-0.2, 0) is 4.84 Å². The minimum Gasteiger partial charge on any atom is -0.393 e. The monoisotopic (exact) mass is 179 g/mol. The van der Waals surface area contributed by atoms with E-state index in [9.17, 15) is 0 Å². The molecule has 0 atom stereocenters. The van der Waals surface area contributed by atoms with Crippen LogP contribution < -0.4 is 0 Å². The lowest BCUT2D eigenvalue weighted by molar-refractivity contribution is -0.174. The van der Waals surface area contributed by atoms with Crippen molar-refractivity contribution in [2.75, 3.05) is 25.6 Å². The predicted molar refractivity (Wildman–Crippen MR) is 43.5 cm³/mol.